The zero-order valence-electron chi connectivity index (χ0n) is 87.8. The quantitative estimate of drug-likeness (QED) is 0.00672. The first-order valence-electron chi connectivity index (χ1n) is 49.1. The summed E-state index contributed by atoms with van der Waals surface area (Å²) in [6.45, 7) is 57.0. The van der Waals surface area contributed by atoms with Crippen LogP contribution in [0.25, 0.3) is 0 Å². The molecule has 0 radical (unpaired) electrons. The summed E-state index contributed by atoms with van der Waals surface area (Å²) >= 11 is 0. The molecule has 3 aliphatic heterocycles. The van der Waals surface area contributed by atoms with E-state index in [1.54, 1.807) is 64.3 Å². The average molecular weight is 1960 g/mol. The van der Waals surface area contributed by atoms with Gasteiger partial charge in [0.05, 0.1) is 104 Å². The molecule has 0 aromatic carbocycles. The number of esters is 3. The van der Waals surface area contributed by atoms with Gasteiger partial charge in [-0.1, -0.05) is 270 Å². The fourth-order valence-corrected chi connectivity index (χ4v) is 18.4. The van der Waals surface area contributed by atoms with E-state index in [1.165, 1.54) is 14.2 Å². The summed E-state index contributed by atoms with van der Waals surface area (Å²) in [6, 6.07) is 0. The first kappa shape index (κ1) is 128. The van der Waals surface area contributed by atoms with Crippen LogP contribution in [0, 0.1) is 124 Å². The van der Waals surface area contributed by atoms with Gasteiger partial charge in [-0.05, 0) is 78.6 Å². The number of hydrogen-bond donors (Lipinski definition) is 12. The van der Waals surface area contributed by atoms with Crippen LogP contribution in [0.5, 0.6) is 0 Å². The third kappa shape index (κ3) is 45.4. The number of allylic oxidation sites excluding steroid dienone is 9. The third-order valence-electron chi connectivity index (χ3n) is 27.4. The first-order valence-corrected chi connectivity index (χ1v) is 49.1. The smallest absolute Gasteiger partial charge is 0.404 e. The Bertz CT molecular complexity index is 3690. The van der Waals surface area contributed by atoms with Gasteiger partial charge in [-0.2, -0.15) is 0 Å². The molecule has 0 bridgehead atoms. The van der Waals surface area contributed by atoms with E-state index in [4.69, 9.17) is 78.8 Å². The van der Waals surface area contributed by atoms with Gasteiger partial charge in [-0.15, -0.1) is 0 Å². The van der Waals surface area contributed by atoms with E-state index in [0.717, 1.165) is 16.7 Å². The van der Waals surface area contributed by atoms with Crippen molar-refractivity contribution in [3.63, 3.8) is 0 Å². The Labute approximate surface area is 825 Å². The van der Waals surface area contributed by atoms with Crippen LogP contribution < -0.4 is 17.2 Å². The molecule has 31 heteroatoms. The van der Waals surface area contributed by atoms with Crippen LogP contribution in [0.4, 0.5) is 14.4 Å². The molecule has 31 nitrogen and oxygen atoms in total. The molecule has 3 amide bonds. The number of methoxy groups -OCH3 is 3. The number of aliphatic hydroxyl groups excluding tert-OH is 9. The van der Waals surface area contributed by atoms with E-state index in [0.29, 0.717) is 51.7 Å². The summed E-state index contributed by atoms with van der Waals surface area (Å²) in [6.07, 6.45) is 21.6. The lowest BCUT2D eigenvalue weighted by atomic mass is 9.81. The maximum Gasteiger partial charge on any atom is 0.404 e. The molecule has 3 saturated heterocycles. The maximum atomic E-state index is 12.3. The van der Waals surface area contributed by atoms with E-state index in [9.17, 15) is 74.7 Å². The number of hydrogen-bond acceptors (Lipinski definition) is 28. The van der Waals surface area contributed by atoms with Gasteiger partial charge in [0.2, 0.25) is 0 Å². The summed E-state index contributed by atoms with van der Waals surface area (Å²) in [7, 11) is 4.63. The molecule has 792 valence electrons. The van der Waals surface area contributed by atoms with Crippen molar-refractivity contribution in [3.8, 4) is 0 Å². The Kier molecular flexibility index (Phi) is 62.4. The molecule has 0 aromatic rings. The van der Waals surface area contributed by atoms with Crippen LogP contribution >= 0.6 is 0 Å². The minimum absolute atomic E-state index is 0.00410. The molecule has 3 heterocycles. The number of nitrogens with two attached hydrogens (primary N) is 3. The summed E-state index contributed by atoms with van der Waals surface area (Å²) in [5.41, 5.74) is 19.0. The molecule has 39 atom stereocenters. The largest absolute Gasteiger partial charge is 0.462 e. The fraction of sp³-hybridized carbons (Fsp3) is 0.720. The standard InChI is InChI=1S/C37H63NO10.2C35H59NO9/c1-11-12-13-24(4)35(48-37(38)43)28(8)33(40)26(6)19-22(2)18-25(5)32(39)23(3)14-15-30(46-21-45-17-16-44-10)20-31-27(7)34(41)29(9)36(42)47-31;2*1-11-12-13-22(4)33(45-35(36)41)26(8)31(38)24(6)17-20(2)16-23(5)30(37)21(3)14-15-28(43-19-42-10)18-29-25(7)32(39)27(9)34(40)44-29/h11-15,18,23-35,39-41H,1,16-17,19-21H2,2-10H3,(H2,38,43);2*11-16,21-33,37-39H,1,17-19H2,2-10H3,(H2,36,41)/b13-12-,15-14-,22-18-;2*13-12-,15-14-,20-16-/t23-,24-,25-,26-,27-,28-,29+,30+,31-,32-,33+,34-,35-;2*21-,22-,23-,24-,25-,26-,27+,28+,29-,30-,31+,32-,33-/m000/s1. The number of aliphatic hydroxyl groups is 9. The molecule has 0 unspecified atom stereocenters. The Morgan fingerprint density at radius 1 is 0.355 bits per heavy atom. The molecule has 0 spiro atoms. The number of cyclic esters (lactones) is 3. The van der Waals surface area contributed by atoms with E-state index < -0.39 is 164 Å². The van der Waals surface area contributed by atoms with E-state index in [2.05, 4.69) is 19.7 Å². The number of carbonyl (C=O) groups excluding carboxylic acids is 6. The van der Waals surface area contributed by atoms with Crippen LogP contribution in [0.2, 0.25) is 0 Å². The molecule has 3 fully saturated rings. The monoisotopic (exact) mass is 1960 g/mol. The van der Waals surface area contributed by atoms with Crippen molar-refractivity contribution in [2.24, 2.45) is 141 Å². The minimum atomic E-state index is -0.888. The highest BCUT2D eigenvalue weighted by atomic mass is 16.7. The van der Waals surface area contributed by atoms with Crippen LogP contribution in [0.15, 0.2) is 146 Å². The van der Waals surface area contributed by atoms with Gasteiger partial charge >= 0.3 is 36.2 Å². The molecule has 3 aliphatic rings. The van der Waals surface area contributed by atoms with Crippen molar-refractivity contribution in [1.29, 1.82) is 0 Å². The van der Waals surface area contributed by atoms with Gasteiger partial charge in [-0.25, -0.2) is 14.4 Å². The van der Waals surface area contributed by atoms with Crippen LogP contribution in [0.1, 0.15) is 205 Å². The van der Waals surface area contributed by atoms with Gasteiger partial charge < -0.3 is 125 Å². The Morgan fingerprint density at radius 3 is 0.826 bits per heavy atom. The lowest BCUT2D eigenvalue weighted by molar-refractivity contribution is -0.182. The summed E-state index contributed by atoms with van der Waals surface area (Å²) in [4.78, 5) is 71.4. The lowest BCUT2D eigenvalue weighted by Gasteiger charge is -2.37. The number of rotatable bonds is 60. The molecular formula is C107H181N3O28. The van der Waals surface area contributed by atoms with Crippen LogP contribution in [-0.4, -0.2) is 247 Å². The number of primary amides is 3. The number of ether oxygens (including phenoxy) is 13. The normalized spacial score (nSPS) is 26.9. The average Bonchev–Trinajstić information content (AvgIpc) is 0.811. The van der Waals surface area contributed by atoms with Crippen molar-refractivity contribution in [1.82, 2.24) is 0 Å². The second kappa shape index (κ2) is 67.1. The van der Waals surface area contributed by atoms with Gasteiger partial charge in [0, 0.05) is 129 Å². The van der Waals surface area contributed by atoms with Crippen molar-refractivity contribution in [3.05, 3.63) is 146 Å². The second-order valence-electron chi connectivity index (χ2n) is 39.6. The molecule has 138 heavy (non-hydrogen) atoms. The molecule has 0 aromatic heterocycles. The SMILES string of the molecule is C=C/C=C\[C@H](C)[C@H](OC(N)=O)[C@@H](C)[C@H](O)[C@@H](C)C/C(C)=C\[C@H](C)[C@@H](O)[C@@H](C)/C=C\[C@H](C[C@@H]1OC(=O)[C@H](C)[C@@H](O)[C@H]1C)OCOC.C=C/C=C\[C@H](C)[C@H](OC(N)=O)[C@@H](C)[C@H](O)[C@@H](C)C/C(C)=C\[C@H](C)[C@@H](O)[C@@H](C)/C=C\[C@H](C[C@@H]1OC(=O)[C@H](C)[C@@H](O)[C@H]1C)OCOC.C=C/C=C\[C@H](C)[C@H](OC(N)=O)[C@@H](C)[C@H](O)[C@@H](C)C/C(C)=C\[C@H](C)[C@@H](O)[C@@H](C)/C=C\[C@H](C[C@@H]1OC(=O)[C@H](C)[C@@H](O)[C@H]1C)OCOCCOC. The van der Waals surface area contributed by atoms with E-state index in [-0.39, 0.29) is 127 Å². The molecule has 0 saturated carbocycles. The number of carbonyl (C=O) groups is 6. The van der Waals surface area contributed by atoms with Gasteiger partial charge in [0.15, 0.2) is 0 Å². The van der Waals surface area contributed by atoms with Crippen molar-refractivity contribution >= 4 is 36.2 Å². The fourth-order valence-electron chi connectivity index (χ4n) is 18.4. The first-order chi connectivity index (χ1) is 64.6. The summed E-state index contributed by atoms with van der Waals surface area (Å²) in [5.74, 6) is -7.20. The summed E-state index contributed by atoms with van der Waals surface area (Å²) < 4.78 is 71.2. The topological polar surface area (TPSA) is 483 Å². The van der Waals surface area contributed by atoms with E-state index >= 15 is 0 Å². The summed E-state index contributed by atoms with van der Waals surface area (Å²) in [5, 5.41) is 98.4. The molecule has 0 aliphatic carbocycles. The van der Waals surface area contributed by atoms with Crippen molar-refractivity contribution < 1.29 is 136 Å². The zero-order valence-corrected chi connectivity index (χ0v) is 87.8. The molecule has 15 N–H and O–H groups in total. The highest BCUT2D eigenvalue weighted by Gasteiger charge is 2.46. The second-order valence-corrected chi connectivity index (χ2v) is 39.6. The lowest BCUT2D eigenvalue weighted by Crippen LogP contribution is -2.47. The minimum Gasteiger partial charge on any atom is -0.462 e. The Morgan fingerprint density at radius 2 is 0.601 bits per heavy atom. The molecule has 3 rings (SSSR count). The van der Waals surface area contributed by atoms with Gasteiger partial charge in [0.1, 0.15) is 57.0 Å². The van der Waals surface area contributed by atoms with Crippen LogP contribution in [-0.2, 0) is 76.0 Å². The highest BCUT2D eigenvalue weighted by Crippen LogP contribution is 2.38. The highest BCUT2D eigenvalue weighted by molar-refractivity contribution is 5.75. The third-order valence-corrected chi connectivity index (χ3v) is 27.4. The van der Waals surface area contributed by atoms with Crippen molar-refractivity contribution in [2.75, 3.05) is 54.9 Å². The predicted molar refractivity (Wildman–Crippen MR) is 535 cm³/mol. The Balaban J connectivity index is 0.00000104. The van der Waals surface area contributed by atoms with Gasteiger partial charge in [0.25, 0.3) is 0 Å². The predicted octanol–water partition coefficient (Wildman–Crippen LogP) is 14.8. The maximum absolute atomic E-state index is 12.3. The zero-order chi connectivity index (χ0) is 105. The number of amides is 3. The molecular weight excluding hydrogens is 1780 g/mol. The van der Waals surface area contributed by atoms with Crippen LogP contribution in [0.3, 0.4) is 0 Å². The van der Waals surface area contributed by atoms with E-state index in [1.807, 2.05) is 218 Å². The Hall–Kier alpha value is -7.54. The van der Waals surface area contributed by atoms with Crippen molar-refractivity contribution in [2.45, 2.75) is 315 Å². The van der Waals surface area contributed by atoms with Gasteiger partial charge in [-0.3, -0.25) is 14.4 Å².